The van der Waals surface area contributed by atoms with Crippen LogP contribution in [0.4, 0.5) is 0 Å². The molecule has 0 unspecified atom stereocenters. The maximum absolute atomic E-state index is 12.4. The zero-order valence-electron chi connectivity index (χ0n) is 15.1. The smallest absolute Gasteiger partial charge is 0.338 e. The van der Waals surface area contributed by atoms with E-state index in [2.05, 4.69) is 20.9 Å². The van der Waals surface area contributed by atoms with Gasteiger partial charge >= 0.3 is 5.97 Å². The summed E-state index contributed by atoms with van der Waals surface area (Å²) in [6.45, 7) is -0.107. The zero-order valence-corrected chi connectivity index (χ0v) is 16.7. The van der Waals surface area contributed by atoms with E-state index >= 15 is 0 Å². The van der Waals surface area contributed by atoms with Crippen LogP contribution < -0.4 is 10.3 Å². The molecule has 0 atom stereocenters. The number of benzene rings is 2. The maximum Gasteiger partial charge on any atom is 0.338 e. The first kappa shape index (κ1) is 18.9. The number of fused-ring (bicyclic) bond motifs is 1. The molecule has 29 heavy (non-hydrogen) atoms. The molecule has 144 valence electrons. The summed E-state index contributed by atoms with van der Waals surface area (Å²) in [4.78, 5) is 29.0. The summed E-state index contributed by atoms with van der Waals surface area (Å²) in [7, 11) is 0. The predicted molar refractivity (Wildman–Crippen MR) is 111 cm³/mol. The summed E-state index contributed by atoms with van der Waals surface area (Å²) in [6, 6.07) is 20.8. The number of ether oxygens (including phenoxy) is 2. The van der Waals surface area contributed by atoms with E-state index in [1.165, 1.54) is 10.5 Å². The molecular formula is C22H15BrN2O4. The number of nitrogens with zero attached hydrogens (tertiary/aromatic N) is 2. The topological polar surface area (TPSA) is 69.9 Å². The number of carbonyl (C=O) groups is 1. The molecule has 0 bridgehead atoms. The molecule has 0 aliphatic rings. The van der Waals surface area contributed by atoms with Crippen LogP contribution in [0, 0.1) is 0 Å². The van der Waals surface area contributed by atoms with E-state index in [1.54, 1.807) is 42.6 Å². The van der Waals surface area contributed by atoms with Gasteiger partial charge in [0.05, 0.1) is 11.3 Å². The number of carbonyl (C=O) groups excluding carboxylic acids is 1. The van der Waals surface area contributed by atoms with E-state index in [1.807, 2.05) is 30.3 Å². The Bertz CT molecular complexity index is 1240. The minimum atomic E-state index is -0.527. The number of esters is 1. The predicted octanol–water partition coefficient (Wildman–Crippen LogP) is 4.61. The van der Waals surface area contributed by atoms with Gasteiger partial charge in [0, 0.05) is 16.7 Å². The number of rotatable bonds is 5. The fourth-order valence-corrected chi connectivity index (χ4v) is 3.07. The third-order valence-corrected chi connectivity index (χ3v) is 4.55. The van der Waals surface area contributed by atoms with Gasteiger partial charge in [0.15, 0.2) is 0 Å². The van der Waals surface area contributed by atoms with Gasteiger partial charge in [0.25, 0.3) is 5.56 Å². The Balaban J connectivity index is 1.47. The molecule has 4 rings (SSSR count). The Morgan fingerprint density at radius 3 is 2.59 bits per heavy atom. The highest BCUT2D eigenvalue weighted by molar-refractivity contribution is 9.10. The van der Waals surface area contributed by atoms with Gasteiger partial charge in [-0.15, -0.1) is 0 Å². The van der Waals surface area contributed by atoms with E-state index in [9.17, 15) is 9.59 Å². The summed E-state index contributed by atoms with van der Waals surface area (Å²) >= 11 is 3.32. The Kier molecular flexibility index (Phi) is 5.39. The van der Waals surface area contributed by atoms with Gasteiger partial charge in [-0.05, 0) is 58.4 Å². The molecule has 4 aromatic rings. The molecular weight excluding hydrogens is 436 g/mol. The lowest BCUT2D eigenvalue weighted by atomic mass is 10.2. The lowest BCUT2D eigenvalue weighted by molar-refractivity contribution is 0.0467. The Morgan fingerprint density at radius 1 is 0.966 bits per heavy atom. The third-order valence-electron chi connectivity index (χ3n) is 4.08. The molecule has 0 saturated heterocycles. The summed E-state index contributed by atoms with van der Waals surface area (Å²) in [5, 5.41) is 0. The Hall–Kier alpha value is -3.45. The van der Waals surface area contributed by atoms with Crippen LogP contribution >= 0.6 is 15.9 Å². The zero-order chi connectivity index (χ0) is 20.2. The molecule has 0 saturated carbocycles. The number of para-hydroxylation sites is 1. The van der Waals surface area contributed by atoms with Crippen LogP contribution in [0.2, 0.25) is 0 Å². The molecule has 0 aliphatic carbocycles. The first-order chi connectivity index (χ1) is 14.1. The lowest BCUT2D eigenvalue weighted by Gasteiger charge is -2.08. The third kappa shape index (κ3) is 4.52. The first-order valence-electron chi connectivity index (χ1n) is 8.76. The van der Waals surface area contributed by atoms with Crippen molar-refractivity contribution in [3.63, 3.8) is 0 Å². The number of pyridine rings is 1. The van der Waals surface area contributed by atoms with Gasteiger partial charge in [-0.25, -0.2) is 9.78 Å². The highest BCUT2D eigenvalue weighted by atomic mass is 79.9. The quantitative estimate of drug-likeness (QED) is 0.415. The van der Waals surface area contributed by atoms with E-state index in [0.717, 1.165) is 4.47 Å². The fraction of sp³-hybridized carbons (Fsp3) is 0.0455. The summed E-state index contributed by atoms with van der Waals surface area (Å²) < 4.78 is 13.3. The molecule has 0 radical (unpaired) electrons. The SMILES string of the molecule is O=C(OCc1cc(=O)n2cc(Br)ccc2n1)c1cccc(Oc2ccccc2)c1. The number of hydrogen-bond acceptors (Lipinski definition) is 5. The van der Waals surface area contributed by atoms with Crippen molar-refractivity contribution >= 4 is 27.5 Å². The second kappa shape index (κ2) is 8.28. The van der Waals surface area contributed by atoms with Crippen LogP contribution in [0.1, 0.15) is 16.1 Å². The largest absolute Gasteiger partial charge is 0.457 e. The van der Waals surface area contributed by atoms with Crippen LogP contribution in [-0.4, -0.2) is 15.4 Å². The van der Waals surface area contributed by atoms with Crippen molar-refractivity contribution in [2.75, 3.05) is 0 Å². The van der Waals surface area contributed by atoms with Crippen molar-refractivity contribution in [2.45, 2.75) is 6.61 Å². The highest BCUT2D eigenvalue weighted by Gasteiger charge is 2.11. The summed E-state index contributed by atoms with van der Waals surface area (Å²) in [5.41, 5.74) is 0.952. The van der Waals surface area contributed by atoms with Crippen LogP contribution in [0.5, 0.6) is 11.5 Å². The van der Waals surface area contributed by atoms with Crippen LogP contribution in [0.25, 0.3) is 5.65 Å². The minimum absolute atomic E-state index is 0.107. The molecule has 0 spiro atoms. The average Bonchev–Trinajstić information content (AvgIpc) is 2.73. The van der Waals surface area contributed by atoms with Crippen molar-refractivity contribution < 1.29 is 14.3 Å². The molecule has 0 amide bonds. The second-order valence-electron chi connectivity index (χ2n) is 6.18. The van der Waals surface area contributed by atoms with Gasteiger partial charge in [0.2, 0.25) is 0 Å². The molecule has 0 N–H and O–H groups in total. The number of halogens is 1. The van der Waals surface area contributed by atoms with Gasteiger partial charge in [-0.2, -0.15) is 0 Å². The summed E-state index contributed by atoms with van der Waals surface area (Å²) in [6.07, 6.45) is 1.64. The summed E-state index contributed by atoms with van der Waals surface area (Å²) in [5.74, 6) is 0.671. The Labute approximate surface area is 174 Å². The van der Waals surface area contributed by atoms with E-state index in [4.69, 9.17) is 9.47 Å². The van der Waals surface area contributed by atoms with E-state index in [0.29, 0.717) is 28.4 Å². The standard InChI is InChI=1S/C22H15BrN2O4/c23-16-9-10-20-24-17(12-21(26)25(20)13-16)14-28-22(27)15-5-4-8-19(11-15)29-18-6-2-1-3-7-18/h1-13H,14H2. The molecule has 0 aliphatic heterocycles. The van der Waals surface area contributed by atoms with Crippen molar-refractivity contribution in [3.05, 3.63) is 105 Å². The van der Waals surface area contributed by atoms with Crippen LogP contribution in [-0.2, 0) is 11.3 Å². The van der Waals surface area contributed by atoms with Crippen molar-refractivity contribution in [3.8, 4) is 11.5 Å². The van der Waals surface area contributed by atoms with Crippen LogP contribution in [0.3, 0.4) is 0 Å². The van der Waals surface area contributed by atoms with Crippen LogP contribution in [0.15, 0.2) is 88.3 Å². The van der Waals surface area contributed by atoms with Gasteiger partial charge in [0.1, 0.15) is 23.8 Å². The number of hydrogen-bond donors (Lipinski definition) is 0. The van der Waals surface area contributed by atoms with E-state index < -0.39 is 5.97 Å². The van der Waals surface area contributed by atoms with E-state index in [-0.39, 0.29) is 12.2 Å². The van der Waals surface area contributed by atoms with Gasteiger partial charge < -0.3 is 9.47 Å². The molecule has 0 fully saturated rings. The average molecular weight is 451 g/mol. The number of aromatic nitrogens is 2. The second-order valence-corrected chi connectivity index (χ2v) is 7.10. The first-order valence-corrected chi connectivity index (χ1v) is 9.56. The Morgan fingerprint density at radius 2 is 1.76 bits per heavy atom. The van der Waals surface area contributed by atoms with Crippen molar-refractivity contribution in [2.24, 2.45) is 0 Å². The fourth-order valence-electron chi connectivity index (χ4n) is 2.73. The monoisotopic (exact) mass is 450 g/mol. The highest BCUT2D eigenvalue weighted by Crippen LogP contribution is 2.22. The van der Waals surface area contributed by atoms with Crippen molar-refractivity contribution in [1.82, 2.24) is 9.38 Å². The minimum Gasteiger partial charge on any atom is -0.457 e. The molecule has 2 aromatic carbocycles. The molecule has 7 heteroatoms. The maximum atomic E-state index is 12.4. The van der Waals surface area contributed by atoms with Crippen molar-refractivity contribution in [1.29, 1.82) is 0 Å². The van der Waals surface area contributed by atoms with Gasteiger partial charge in [-0.1, -0.05) is 24.3 Å². The normalized spacial score (nSPS) is 10.7. The molecule has 6 nitrogen and oxygen atoms in total. The lowest BCUT2D eigenvalue weighted by Crippen LogP contribution is -2.16. The molecule has 2 heterocycles. The van der Waals surface area contributed by atoms with Gasteiger partial charge in [-0.3, -0.25) is 9.20 Å². The molecule has 2 aromatic heterocycles.